The van der Waals surface area contributed by atoms with Crippen molar-refractivity contribution in [1.29, 1.82) is 0 Å². The Morgan fingerprint density at radius 1 is 1.17 bits per heavy atom. The quantitative estimate of drug-likeness (QED) is 0.578. The Hall–Kier alpha value is -2.42. The summed E-state index contributed by atoms with van der Waals surface area (Å²) in [4.78, 5) is 11.6. The van der Waals surface area contributed by atoms with Crippen LogP contribution in [-0.2, 0) is 21.2 Å². The maximum absolute atomic E-state index is 12.7. The van der Waals surface area contributed by atoms with Crippen LogP contribution in [0.4, 0.5) is 5.69 Å². The first kappa shape index (κ1) is 22.9. The summed E-state index contributed by atoms with van der Waals surface area (Å²) >= 11 is 0. The highest BCUT2D eigenvalue weighted by molar-refractivity contribution is 7.89. The molecule has 29 heavy (non-hydrogen) atoms. The molecule has 0 aliphatic heterocycles. The molecule has 158 valence electrons. The second-order valence-corrected chi connectivity index (χ2v) is 8.96. The summed E-state index contributed by atoms with van der Waals surface area (Å²) < 4.78 is 33.0. The van der Waals surface area contributed by atoms with E-state index in [2.05, 4.69) is 10.0 Å². The fourth-order valence-electron chi connectivity index (χ4n) is 2.85. The number of hydrogen-bond acceptors (Lipinski definition) is 5. The number of rotatable bonds is 9. The van der Waals surface area contributed by atoms with Crippen LogP contribution in [0.2, 0.25) is 0 Å². The van der Waals surface area contributed by atoms with Crippen molar-refractivity contribution in [1.82, 2.24) is 4.72 Å². The number of carbonyl (C=O) groups is 1. The first-order valence-corrected chi connectivity index (χ1v) is 10.8. The molecule has 0 aliphatic rings. The van der Waals surface area contributed by atoms with Crippen LogP contribution in [0.25, 0.3) is 0 Å². The van der Waals surface area contributed by atoms with Gasteiger partial charge in [-0.2, -0.15) is 0 Å². The van der Waals surface area contributed by atoms with Gasteiger partial charge in [-0.1, -0.05) is 19.1 Å². The van der Waals surface area contributed by atoms with E-state index >= 15 is 0 Å². The zero-order valence-electron chi connectivity index (χ0n) is 17.2. The second-order valence-electron chi connectivity index (χ2n) is 7.23. The lowest BCUT2D eigenvalue weighted by atomic mass is 9.97. The predicted octanol–water partition coefficient (Wildman–Crippen LogP) is 2.62. The number of hydrogen-bond donors (Lipinski definition) is 3. The van der Waals surface area contributed by atoms with Crippen molar-refractivity contribution < 1.29 is 23.1 Å². The zero-order valence-corrected chi connectivity index (χ0v) is 18.0. The van der Waals surface area contributed by atoms with Crippen molar-refractivity contribution >= 4 is 21.6 Å². The first-order chi connectivity index (χ1) is 13.6. The number of anilines is 1. The van der Waals surface area contributed by atoms with Crippen LogP contribution < -0.4 is 14.8 Å². The van der Waals surface area contributed by atoms with Crippen molar-refractivity contribution in [2.45, 2.75) is 44.1 Å². The average Bonchev–Trinajstić information content (AvgIpc) is 2.67. The molecule has 3 N–H and O–H groups in total. The maximum Gasteiger partial charge on any atom is 0.240 e. The van der Waals surface area contributed by atoms with Crippen molar-refractivity contribution in [2.75, 3.05) is 19.0 Å². The van der Waals surface area contributed by atoms with Crippen LogP contribution in [0.1, 0.15) is 31.4 Å². The molecule has 0 spiro atoms. The highest BCUT2D eigenvalue weighted by Gasteiger charge is 2.25. The molecule has 0 radical (unpaired) electrons. The number of aliphatic hydroxyl groups is 1. The molecular formula is C21H28N2O5S. The van der Waals surface area contributed by atoms with Crippen molar-refractivity contribution in [3.05, 3.63) is 53.6 Å². The fourth-order valence-corrected chi connectivity index (χ4v) is 4.24. The minimum Gasteiger partial charge on any atom is -0.497 e. The monoisotopic (exact) mass is 420 g/mol. The number of ether oxygens (including phenoxy) is 1. The third kappa shape index (κ3) is 6.56. The van der Waals surface area contributed by atoms with E-state index in [4.69, 9.17) is 4.74 Å². The lowest BCUT2D eigenvalue weighted by Gasteiger charge is -2.24. The normalized spacial score (nSPS) is 13.6. The topological polar surface area (TPSA) is 105 Å². The van der Waals surface area contributed by atoms with Crippen LogP contribution in [0.3, 0.4) is 0 Å². The lowest BCUT2D eigenvalue weighted by Crippen LogP contribution is -2.42. The van der Waals surface area contributed by atoms with Gasteiger partial charge in [0.2, 0.25) is 15.9 Å². The highest BCUT2D eigenvalue weighted by Crippen LogP contribution is 2.21. The van der Waals surface area contributed by atoms with Crippen molar-refractivity contribution in [3.63, 3.8) is 0 Å². The molecule has 2 rings (SSSR count). The molecule has 7 nitrogen and oxygen atoms in total. The Labute approximate surface area is 172 Å². The van der Waals surface area contributed by atoms with Crippen LogP contribution in [0, 0.1) is 6.92 Å². The predicted molar refractivity (Wildman–Crippen MR) is 113 cm³/mol. The molecule has 1 atom stereocenters. The van der Waals surface area contributed by atoms with Gasteiger partial charge in [0.25, 0.3) is 0 Å². The Morgan fingerprint density at radius 2 is 1.83 bits per heavy atom. The summed E-state index contributed by atoms with van der Waals surface area (Å²) in [6.45, 7) is 4.83. The van der Waals surface area contributed by atoms with E-state index in [0.717, 1.165) is 5.56 Å². The van der Waals surface area contributed by atoms with E-state index in [-0.39, 0.29) is 23.8 Å². The summed E-state index contributed by atoms with van der Waals surface area (Å²) in [7, 11) is -2.24. The van der Waals surface area contributed by atoms with Gasteiger partial charge >= 0.3 is 0 Å². The summed E-state index contributed by atoms with van der Waals surface area (Å²) in [6, 6.07) is 11.8. The molecule has 0 aromatic heterocycles. The van der Waals surface area contributed by atoms with Crippen LogP contribution in [0.15, 0.2) is 47.4 Å². The Kier molecular flexibility index (Phi) is 7.40. The lowest BCUT2D eigenvalue weighted by molar-refractivity contribution is -0.115. The van der Waals surface area contributed by atoms with Gasteiger partial charge in [0.1, 0.15) is 5.75 Å². The minimum atomic E-state index is -3.82. The van der Waals surface area contributed by atoms with E-state index < -0.39 is 15.6 Å². The van der Waals surface area contributed by atoms with Crippen molar-refractivity contribution in [2.24, 2.45) is 0 Å². The molecule has 0 fully saturated rings. The van der Waals surface area contributed by atoms with Gasteiger partial charge in [0.05, 0.1) is 17.6 Å². The summed E-state index contributed by atoms with van der Waals surface area (Å²) in [5, 5.41) is 13.3. The van der Waals surface area contributed by atoms with Crippen LogP contribution >= 0.6 is 0 Å². The zero-order chi connectivity index (χ0) is 21.7. The van der Waals surface area contributed by atoms with E-state index in [1.54, 1.807) is 52.1 Å². The molecule has 0 bridgehead atoms. The number of amides is 1. The molecule has 0 aliphatic carbocycles. The molecule has 1 amide bonds. The van der Waals surface area contributed by atoms with Gasteiger partial charge in [0, 0.05) is 25.1 Å². The molecule has 0 saturated carbocycles. The van der Waals surface area contributed by atoms with Crippen LogP contribution in [-0.4, -0.2) is 38.7 Å². The number of methoxy groups -OCH3 is 1. The third-order valence-corrected chi connectivity index (χ3v) is 6.02. The molecule has 2 aromatic carbocycles. The largest absolute Gasteiger partial charge is 0.497 e. The summed E-state index contributed by atoms with van der Waals surface area (Å²) in [5.41, 5.74) is 0.633. The molecule has 2 aromatic rings. The van der Waals surface area contributed by atoms with Gasteiger partial charge < -0.3 is 15.2 Å². The van der Waals surface area contributed by atoms with E-state index in [9.17, 15) is 18.3 Å². The Morgan fingerprint density at radius 3 is 2.38 bits per heavy atom. The fraction of sp³-hybridized carbons (Fsp3) is 0.381. The maximum atomic E-state index is 12.7. The van der Waals surface area contributed by atoms with Crippen LogP contribution in [0.5, 0.6) is 5.75 Å². The first-order valence-electron chi connectivity index (χ1n) is 9.32. The number of carbonyl (C=O) groups excluding carboxylic acids is 1. The minimum absolute atomic E-state index is 0.104. The Balaban J connectivity index is 2.06. The second kappa shape index (κ2) is 9.39. The molecular weight excluding hydrogens is 392 g/mol. The summed E-state index contributed by atoms with van der Waals surface area (Å²) in [5.74, 6) is 0.566. The number of sulfonamides is 1. The van der Waals surface area contributed by atoms with E-state index in [1.165, 1.54) is 6.07 Å². The van der Waals surface area contributed by atoms with Crippen molar-refractivity contribution in [3.8, 4) is 5.75 Å². The average molecular weight is 421 g/mol. The van der Waals surface area contributed by atoms with Gasteiger partial charge in [-0.05, 0) is 55.3 Å². The SMILES string of the molecule is CCC(=O)Nc1ccc(S(=O)(=O)NCC(C)(O)Cc2ccc(OC)cc2)c(C)c1. The van der Waals surface area contributed by atoms with Gasteiger partial charge in [-0.3, -0.25) is 4.79 Å². The number of nitrogens with one attached hydrogen (secondary N) is 2. The number of aryl methyl sites for hydroxylation is 1. The highest BCUT2D eigenvalue weighted by atomic mass is 32.2. The molecule has 0 saturated heterocycles. The van der Waals surface area contributed by atoms with E-state index in [0.29, 0.717) is 23.4 Å². The van der Waals surface area contributed by atoms with Gasteiger partial charge in [-0.25, -0.2) is 13.1 Å². The molecule has 8 heteroatoms. The summed E-state index contributed by atoms with van der Waals surface area (Å²) in [6.07, 6.45) is 0.615. The standard InChI is InChI=1S/C21H28N2O5S/c1-5-20(24)23-17-8-11-19(15(2)12-17)29(26,27)22-14-21(3,25)13-16-6-9-18(28-4)10-7-16/h6-12,22,25H,5,13-14H2,1-4H3,(H,23,24). The van der Waals surface area contributed by atoms with Gasteiger partial charge in [0.15, 0.2) is 0 Å². The Bertz CT molecular complexity index is 954. The number of benzene rings is 2. The smallest absolute Gasteiger partial charge is 0.240 e. The molecule has 1 unspecified atom stereocenters. The van der Waals surface area contributed by atoms with Gasteiger partial charge in [-0.15, -0.1) is 0 Å². The van der Waals surface area contributed by atoms with E-state index in [1.807, 2.05) is 12.1 Å². The third-order valence-electron chi connectivity index (χ3n) is 4.46. The molecule has 0 heterocycles.